The normalized spacial score (nSPS) is 15.0. The van der Waals surface area contributed by atoms with Crippen molar-refractivity contribution >= 4 is 23.3 Å². The smallest absolute Gasteiger partial charge is 0.251 e. The summed E-state index contributed by atoms with van der Waals surface area (Å²) in [6.45, 7) is 9.87. The van der Waals surface area contributed by atoms with Crippen LogP contribution in [0.3, 0.4) is 0 Å². The highest BCUT2D eigenvalue weighted by atomic mass is 16.5. The van der Waals surface area contributed by atoms with Crippen LogP contribution in [0.4, 0.5) is 5.69 Å². The predicted molar refractivity (Wildman–Crippen MR) is 116 cm³/mol. The van der Waals surface area contributed by atoms with Crippen molar-refractivity contribution in [3.8, 4) is 5.75 Å². The van der Waals surface area contributed by atoms with Gasteiger partial charge in [-0.2, -0.15) is 0 Å². The monoisotopic (exact) mass is 408 g/mol. The molecule has 2 N–H and O–H groups in total. The van der Waals surface area contributed by atoms with Crippen molar-refractivity contribution in [3.05, 3.63) is 59.2 Å². The summed E-state index contributed by atoms with van der Waals surface area (Å²) in [5.74, 6) is -0.202. The van der Waals surface area contributed by atoms with Gasteiger partial charge in [0.1, 0.15) is 11.4 Å². The lowest BCUT2D eigenvalue weighted by Gasteiger charge is -2.31. The third kappa shape index (κ3) is 5.06. The molecule has 0 unspecified atom stereocenters. The number of benzene rings is 2. The number of fused-ring (bicyclic) bond motifs is 1. The molecule has 6 heteroatoms. The fourth-order valence-electron chi connectivity index (χ4n) is 3.32. The number of hydrogen-bond acceptors (Lipinski definition) is 4. The third-order valence-corrected chi connectivity index (χ3v) is 4.96. The van der Waals surface area contributed by atoms with E-state index in [1.807, 2.05) is 26.0 Å². The predicted octanol–water partition coefficient (Wildman–Crippen LogP) is 4.10. The van der Waals surface area contributed by atoms with Crippen LogP contribution >= 0.6 is 0 Å². The van der Waals surface area contributed by atoms with Crippen molar-refractivity contribution in [1.82, 2.24) is 5.32 Å². The van der Waals surface area contributed by atoms with Gasteiger partial charge in [-0.3, -0.25) is 14.4 Å². The molecule has 30 heavy (non-hydrogen) atoms. The van der Waals surface area contributed by atoms with E-state index in [1.54, 1.807) is 30.3 Å². The zero-order valence-corrected chi connectivity index (χ0v) is 18.1. The molecule has 2 aromatic carbocycles. The Bertz CT molecular complexity index is 985. The summed E-state index contributed by atoms with van der Waals surface area (Å²) in [5.41, 5.74) is 2.03. The number of carbonyl (C=O) groups is 3. The maximum Gasteiger partial charge on any atom is 0.251 e. The minimum Gasteiger partial charge on any atom is -0.487 e. The number of anilines is 1. The first-order chi connectivity index (χ1) is 13.9. The Labute approximate surface area is 177 Å². The Morgan fingerprint density at radius 3 is 2.37 bits per heavy atom. The van der Waals surface area contributed by atoms with Gasteiger partial charge in [0, 0.05) is 11.3 Å². The summed E-state index contributed by atoms with van der Waals surface area (Å²) in [7, 11) is 0. The highest BCUT2D eigenvalue weighted by molar-refractivity contribution is 6.03. The van der Waals surface area contributed by atoms with Gasteiger partial charge in [0.15, 0.2) is 5.78 Å². The Morgan fingerprint density at radius 2 is 1.73 bits per heavy atom. The molecular formula is C24H28N2O4. The molecular weight excluding hydrogens is 380 g/mol. The van der Waals surface area contributed by atoms with E-state index in [0.29, 0.717) is 22.6 Å². The van der Waals surface area contributed by atoms with Gasteiger partial charge in [-0.05, 0) is 55.2 Å². The van der Waals surface area contributed by atoms with Gasteiger partial charge < -0.3 is 15.4 Å². The first-order valence-corrected chi connectivity index (χ1v) is 9.99. The molecule has 1 aliphatic heterocycles. The van der Waals surface area contributed by atoms with Crippen LogP contribution < -0.4 is 15.4 Å². The number of ether oxygens (including phenoxy) is 1. The van der Waals surface area contributed by atoms with Gasteiger partial charge in [-0.15, -0.1) is 0 Å². The summed E-state index contributed by atoms with van der Waals surface area (Å²) >= 11 is 0. The molecule has 0 aliphatic carbocycles. The van der Waals surface area contributed by atoms with E-state index in [0.717, 1.165) is 5.56 Å². The van der Waals surface area contributed by atoms with E-state index in [9.17, 15) is 14.4 Å². The second kappa shape index (κ2) is 7.94. The van der Waals surface area contributed by atoms with Crippen molar-refractivity contribution in [1.29, 1.82) is 0 Å². The minimum atomic E-state index is -0.537. The highest BCUT2D eigenvalue weighted by Crippen LogP contribution is 2.34. The van der Waals surface area contributed by atoms with Crippen LogP contribution in [0, 0.1) is 0 Å². The van der Waals surface area contributed by atoms with E-state index in [-0.39, 0.29) is 36.0 Å². The van der Waals surface area contributed by atoms with Crippen molar-refractivity contribution < 1.29 is 19.1 Å². The molecule has 0 saturated carbocycles. The van der Waals surface area contributed by atoms with Gasteiger partial charge >= 0.3 is 0 Å². The SMILES string of the molecule is CC1(C)CC(=O)c2cc(NC(=O)CNC(=O)c3ccc(C(C)(C)C)cc3)ccc2O1. The zero-order chi connectivity index (χ0) is 22.1. The number of Topliss-reactive ketones (excluding diaryl/α,β-unsaturated/α-hetero) is 1. The van der Waals surface area contributed by atoms with Crippen LogP contribution in [0.25, 0.3) is 0 Å². The van der Waals surface area contributed by atoms with Crippen LogP contribution in [0.5, 0.6) is 5.75 Å². The van der Waals surface area contributed by atoms with Crippen molar-refractivity contribution in [2.45, 2.75) is 52.1 Å². The first-order valence-electron chi connectivity index (χ1n) is 9.99. The average Bonchev–Trinajstić information content (AvgIpc) is 2.65. The molecule has 0 bridgehead atoms. The van der Waals surface area contributed by atoms with Crippen LogP contribution in [0.15, 0.2) is 42.5 Å². The molecule has 2 aromatic rings. The lowest BCUT2D eigenvalue weighted by Crippen LogP contribution is -2.36. The number of rotatable bonds is 4. The summed E-state index contributed by atoms with van der Waals surface area (Å²) < 4.78 is 5.82. The largest absolute Gasteiger partial charge is 0.487 e. The Kier molecular flexibility index (Phi) is 5.70. The summed E-state index contributed by atoms with van der Waals surface area (Å²) in [6, 6.07) is 12.3. The highest BCUT2D eigenvalue weighted by Gasteiger charge is 2.32. The van der Waals surface area contributed by atoms with E-state index in [1.165, 1.54) is 0 Å². The van der Waals surface area contributed by atoms with Gasteiger partial charge in [0.05, 0.1) is 18.5 Å². The molecule has 0 aromatic heterocycles. The lowest BCUT2D eigenvalue weighted by atomic mass is 9.87. The van der Waals surface area contributed by atoms with E-state index < -0.39 is 5.60 Å². The maximum atomic E-state index is 12.3. The topological polar surface area (TPSA) is 84.5 Å². The molecule has 1 aliphatic rings. The molecule has 0 spiro atoms. The van der Waals surface area contributed by atoms with Crippen molar-refractivity contribution in [2.24, 2.45) is 0 Å². The van der Waals surface area contributed by atoms with Gasteiger partial charge in [-0.1, -0.05) is 32.9 Å². The molecule has 0 atom stereocenters. The molecule has 6 nitrogen and oxygen atoms in total. The Hall–Kier alpha value is -3.15. The van der Waals surface area contributed by atoms with Gasteiger partial charge in [0.25, 0.3) is 5.91 Å². The molecule has 0 radical (unpaired) electrons. The molecule has 0 fully saturated rings. The second-order valence-electron chi connectivity index (χ2n) is 9.23. The Balaban J connectivity index is 1.58. The molecule has 2 amide bonds. The maximum absolute atomic E-state index is 12.3. The summed E-state index contributed by atoms with van der Waals surface area (Å²) in [6.07, 6.45) is 0.279. The van der Waals surface area contributed by atoms with Gasteiger partial charge in [0.2, 0.25) is 5.91 Å². The number of nitrogens with one attached hydrogen (secondary N) is 2. The second-order valence-corrected chi connectivity index (χ2v) is 9.23. The third-order valence-electron chi connectivity index (χ3n) is 4.96. The standard InChI is InChI=1S/C24H28N2O4/c1-23(2,3)16-8-6-15(7-9-16)22(29)25-14-21(28)26-17-10-11-20-18(12-17)19(27)13-24(4,5)30-20/h6-12H,13-14H2,1-5H3,(H,25,29)(H,26,28). The van der Waals surface area contributed by atoms with Crippen LogP contribution in [0.1, 0.15) is 67.3 Å². The van der Waals surface area contributed by atoms with E-state index in [2.05, 4.69) is 31.4 Å². The summed E-state index contributed by atoms with van der Waals surface area (Å²) in [4.78, 5) is 36.9. The van der Waals surface area contributed by atoms with E-state index >= 15 is 0 Å². The van der Waals surface area contributed by atoms with Crippen LogP contribution in [-0.2, 0) is 10.2 Å². The average molecular weight is 408 g/mol. The number of carbonyl (C=O) groups excluding carboxylic acids is 3. The lowest BCUT2D eigenvalue weighted by molar-refractivity contribution is -0.115. The van der Waals surface area contributed by atoms with Crippen molar-refractivity contribution in [2.75, 3.05) is 11.9 Å². The summed E-state index contributed by atoms with van der Waals surface area (Å²) in [5, 5.41) is 5.32. The van der Waals surface area contributed by atoms with Gasteiger partial charge in [-0.25, -0.2) is 0 Å². The first kappa shape index (κ1) is 21.6. The fraction of sp³-hybridized carbons (Fsp3) is 0.375. The molecule has 158 valence electrons. The van der Waals surface area contributed by atoms with E-state index in [4.69, 9.17) is 4.74 Å². The quantitative estimate of drug-likeness (QED) is 0.798. The number of ketones is 1. The molecule has 1 heterocycles. The van der Waals surface area contributed by atoms with Crippen LogP contribution in [-0.4, -0.2) is 29.7 Å². The zero-order valence-electron chi connectivity index (χ0n) is 18.1. The number of amides is 2. The minimum absolute atomic E-state index is 0.00590. The number of hydrogen-bond donors (Lipinski definition) is 2. The van der Waals surface area contributed by atoms with Crippen molar-refractivity contribution in [3.63, 3.8) is 0 Å². The molecule has 3 rings (SSSR count). The molecule has 0 saturated heterocycles. The Morgan fingerprint density at radius 1 is 1.07 bits per heavy atom. The van der Waals surface area contributed by atoms with Crippen LogP contribution in [0.2, 0.25) is 0 Å². The fourth-order valence-corrected chi connectivity index (χ4v) is 3.32.